The van der Waals surface area contributed by atoms with Gasteiger partial charge in [-0.3, -0.25) is 4.79 Å². The molecule has 1 heterocycles. The van der Waals surface area contributed by atoms with Crippen LogP contribution in [0, 0.1) is 12.8 Å². The van der Waals surface area contributed by atoms with E-state index in [2.05, 4.69) is 4.72 Å². The van der Waals surface area contributed by atoms with Crippen molar-refractivity contribution in [1.29, 1.82) is 0 Å². The third-order valence-electron chi connectivity index (χ3n) is 3.52. The van der Waals surface area contributed by atoms with E-state index >= 15 is 0 Å². The number of benzene rings is 1. The lowest BCUT2D eigenvalue weighted by molar-refractivity contribution is -0.117. The number of aryl methyl sites for hydroxylation is 1. The van der Waals surface area contributed by atoms with Gasteiger partial charge in [-0.25, -0.2) is 13.1 Å². The molecule has 1 aliphatic rings. The topological polar surface area (TPSA) is 66.5 Å². The van der Waals surface area contributed by atoms with Crippen LogP contribution in [0.4, 0.5) is 5.69 Å². The standard InChI is InChI=1S/C15H22N2O3S/c1-11(2)10-16-21(19,20)13-6-7-14(12(3)9-13)17-8-4-5-15(17)18/h6-7,9,11,16H,4-5,8,10H2,1-3H3. The first kappa shape index (κ1) is 16.0. The molecule has 1 aromatic rings. The molecule has 1 amide bonds. The summed E-state index contributed by atoms with van der Waals surface area (Å²) in [5, 5.41) is 0. The van der Waals surface area contributed by atoms with Crippen molar-refractivity contribution in [2.45, 2.75) is 38.5 Å². The second kappa shape index (κ2) is 6.15. The number of carbonyl (C=O) groups excluding carboxylic acids is 1. The monoisotopic (exact) mass is 310 g/mol. The highest BCUT2D eigenvalue weighted by Gasteiger charge is 2.24. The molecule has 0 saturated carbocycles. The highest BCUT2D eigenvalue weighted by molar-refractivity contribution is 7.89. The van der Waals surface area contributed by atoms with E-state index in [0.717, 1.165) is 17.7 Å². The molecule has 1 fully saturated rings. The van der Waals surface area contributed by atoms with Gasteiger partial charge in [0.05, 0.1) is 4.90 Å². The van der Waals surface area contributed by atoms with Crippen molar-refractivity contribution >= 4 is 21.6 Å². The average molecular weight is 310 g/mol. The van der Waals surface area contributed by atoms with E-state index < -0.39 is 10.0 Å². The Morgan fingerprint density at radius 2 is 2.05 bits per heavy atom. The molecule has 0 aromatic heterocycles. The number of anilines is 1. The summed E-state index contributed by atoms with van der Waals surface area (Å²) in [6, 6.07) is 4.92. The molecule has 0 aliphatic carbocycles. The van der Waals surface area contributed by atoms with Crippen LogP contribution in [0.5, 0.6) is 0 Å². The molecule has 0 radical (unpaired) electrons. The molecule has 5 nitrogen and oxygen atoms in total. The number of amides is 1. The van der Waals surface area contributed by atoms with E-state index in [1.807, 2.05) is 20.8 Å². The number of nitrogens with zero attached hydrogens (tertiary/aromatic N) is 1. The van der Waals surface area contributed by atoms with E-state index in [0.29, 0.717) is 19.5 Å². The number of sulfonamides is 1. The maximum absolute atomic E-state index is 12.2. The molecule has 1 N–H and O–H groups in total. The van der Waals surface area contributed by atoms with Crippen LogP contribution in [0.1, 0.15) is 32.3 Å². The van der Waals surface area contributed by atoms with E-state index in [1.165, 1.54) is 0 Å². The molecule has 1 aliphatic heterocycles. The van der Waals surface area contributed by atoms with Crippen LogP contribution < -0.4 is 9.62 Å². The van der Waals surface area contributed by atoms with Gasteiger partial charge >= 0.3 is 0 Å². The van der Waals surface area contributed by atoms with Crippen LogP contribution in [-0.2, 0) is 14.8 Å². The number of nitrogens with one attached hydrogen (secondary N) is 1. The van der Waals surface area contributed by atoms with Crippen molar-refractivity contribution < 1.29 is 13.2 Å². The molecule has 1 saturated heterocycles. The molecular formula is C15H22N2O3S. The quantitative estimate of drug-likeness (QED) is 0.905. The summed E-state index contributed by atoms with van der Waals surface area (Å²) in [5.74, 6) is 0.356. The fraction of sp³-hybridized carbons (Fsp3) is 0.533. The van der Waals surface area contributed by atoms with Crippen molar-refractivity contribution in [2.75, 3.05) is 18.0 Å². The summed E-state index contributed by atoms with van der Waals surface area (Å²) in [5.41, 5.74) is 1.61. The molecule has 0 spiro atoms. The summed E-state index contributed by atoms with van der Waals surface area (Å²) < 4.78 is 27.0. The van der Waals surface area contributed by atoms with Gasteiger partial charge in [0.15, 0.2) is 0 Å². The van der Waals surface area contributed by atoms with Crippen molar-refractivity contribution in [3.05, 3.63) is 23.8 Å². The summed E-state index contributed by atoms with van der Waals surface area (Å²) in [7, 11) is -3.49. The highest BCUT2D eigenvalue weighted by atomic mass is 32.2. The van der Waals surface area contributed by atoms with Gasteiger partial charge in [0, 0.05) is 25.2 Å². The van der Waals surface area contributed by atoms with E-state index in [4.69, 9.17) is 0 Å². The van der Waals surface area contributed by atoms with Crippen molar-refractivity contribution in [3.63, 3.8) is 0 Å². The SMILES string of the molecule is Cc1cc(S(=O)(=O)NCC(C)C)ccc1N1CCCC1=O. The van der Waals surface area contributed by atoms with E-state index in [9.17, 15) is 13.2 Å². The first-order valence-corrected chi connectivity index (χ1v) is 8.70. The second-order valence-corrected chi connectivity index (χ2v) is 7.61. The van der Waals surface area contributed by atoms with E-state index in [-0.39, 0.29) is 16.7 Å². The first-order chi connectivity index (χ1) is 9.81. The third-order valence-corrected chi connectivity index (χ3v) is 4.95. The second-order valence-electron chi connectivity index (χ2n) is 5.84. The highest BCUT2D eigenvalue weighted by Crippen LogP contribution is 2.27. The smallest absolute Gasteiger partial charge is 0.240 e. The fourth-order valence-corrected chi connectivity index (χ4v) is 3.66. The normalized spacial score (nSPS) is 16.0. The largest absolute Gasteiger partial charge is 0.312 e. The molecule has 0 atom stereocenters. The minimum absolute atomic E-state index is 0.103. The lowest BCUT2D eigenvalue weighted by atomic mass is 10.2. The number of hydrogen-bond donors (Lipinski definition) is 1. The zero-order valence-electron chi connectivity index (χ0n) is 12.7. The minimum atomic E-state index is -3.49. The van der Waals surface area contributed by atoms with Crippen molar-refractivity contribution in [1.82, 2.24) is 4.72 Å². The predicted octanol–water partition coefficient (Wildman–Crippen LogP) is 2.06. The van der Waals surface area contributed by atoms with Gasteiger partial charge in [-0.1, -0.05) is 13.8 Å². The van der Waals surface area contributed by atoms with Crippen LogP contribution >= 0.6 is 0 Å². The van der Waals surface area contributed by atoms with Crippen LogP contribution in [-0.4, -0.2) is 27.4 Å². The zero-order chi connectivity index (χ0) is 15.6. The molecule has 116 valence electrons. The molecule has 21 heavy (non-hydrogen) atoms. The summed E-state index contributed by atoms with van der Waals surface area (Å²) in [4.78, 5) is 13.8. The first-order valence-electron chi connectivity index (χ1n) is 7.22. The van der Waals surface area contributed by atoms with Gasteiger partial charge in [-0.15, -0.1) is 0 Å². The maximum Gasteiger partial charge on any atom is 0.240 e. The molecular weight excluding hydrogens is 288 g/mol. The van der Waals surface area contributed by atoms with Crippen LogP contribution in [0.15, 0.2) is 23.1 Å². The third kappa shape index (κ3) is 3.63. The number of hydrogen-bond acceptors (Lipinski definition) is 3. The van der Waals surface area contributed by atoms with Crippen molar-refractivity contribution in [3.8, 4) is 0 Å². The molecule has 6 heteroatoms. The maximum atomic E-state index is 12.2. The molecule has 0 bridgehead atoms. The van der Waals surface area contributed by atoms with Gasteiger partial charge in [-0.05, 0) is 43.0 Å². The van der Waals surface area contributed by atoms with Gasteiger partial charge < -0.3 is 4.90 Å². The van der Waals surface area contributed by atoms with Gasteiger partial charge in [0.1, 0.15) is 0 Å². The Balaban J connectivity index is 2.24. The Hall–Kier alpha value is -1.40. The average Bonchev–Trinajstić information content (AvgIpc) is 2.82. The van der Waals surface area contributed by atoms with Crippen LogP contribution in [0.2, 0.25) is 0 Å². The Morgan fingerprint density at radius 3 is 2.57 bits per heavy atom. The fourth-order valence-electron chi connectivity index (χ4n) is 2.36. The molecule has 1 aromatic carbocycles. The van der Waals surface area contributed by atoms with Crippen LogP contribution in [0.3, 0.4) is 0 Å². The lowest BCUT2D eigenvalue weighted by Crippen LogP contribution is -2.28. The summed E-state index contributed by atoms with van der Waals surface area (Å²) in [6.45, 7) is 6.86. The Labute approximate surface area is 126 Å². The molecule has 0 unspecified atom stereocenters. The lowest BCUT2D eigenvalue weighted by Gasteiger charge is -2.19. The Morgan fingerprint density at radius 1 is 1.33 bits per heavy atom. The Kier molecular flexibility index (Phi) is 4.68. The van der Waals surface area contributed by atoms with Crippen LogP contribution in [0.25, 0.3) is 0 Å². The minimum Gasteiger partial charge on any atom is -0.312 e. The summed E-state index contributed by atoms with van der Waals surface area (Å²) in [6.07, 6.45) is 1.42. The zero-order valence-corrected chi connectivity index (χ0v) is 13.5. The van der Waals surface area contributed by atoms with E-state index in [1.54, 1.807) is 23.1 Å². The predicted molar refractivity (Wildman–Crippen MR) is 82.8 cm³/mol. The van der Waals surface area contributed by atoms with Gasteiger partial charge in [0.25, 0.3) is 0 Å². The number of carbonyl (C=O) groups is 1. The van der Waals surface area contributed by atoms with Gasteiger partial charge in [0.2, 0.25) is 15.9 Å². The molecule has 2 rings (SSSR count). The number of rotatable bonds is 5. The van der Waals surface area contributed by atoms with Crippen molar-refractivity contribution in [2.24, 2.45) is 5.92 Å². The Bertz CT molecular complexity index is 638. The van der Waals surface area contributed by atoms with Gasteiger partial charge in [-0.2, -0.15) is 0 Å². The summed E-state index contributed by atoms with van der Waals surface area (Å²) >= 11 is 0.